The lowest BCUT2D eigenvalue weighted by Crippen LogP contribution is -2.31. The molecule has 1 saturated heterocycles. The van der Waals surface area contributed by atoms with Crippen molar-refractivity contribution in [1.82, 2.24) is 19.9 Å². The van der Waals surface area contributed by atoms with Crippen LogP contribution in [-0.2, 0) is 24.1 Å². The zero-order chi connectivity index (χ0) is 19.1. The molecular weight excluding hydrogens is 372 g/mol. The van der Waals surface area contributed by atoms with E-state index in [-0.39, 0.29) is 17.5 Å². The van der Waals surface area contributed by atoms with Crippen LogP contribution in [0.5, 0.6) is 0 Å². The number of hydrogen-bond donors (Lipinski definition) is 1. The number of nitrogens with one attached hydrogen (secondary N) is 1. The molecule has 6 nitrogen and oxygen atoms in total. The van der Waals surface area contributed by atoms with Gasteiger partial charge in [0.05, 0.1) is 11.4 Å². The van der Waals surface area contributed by atoms with Crippen molar-refractivity contribution >= 4 is 27.5 Å². The van der Waals surface area contributed by atoms with Gasteiger partial charge in [-0.2, -0.15) is 0 Å². The highest BCUT2D eigenvalue weighted by Crippen LogP contribution is 2.35. The fraction of sp³-hybridized carbons (Fsp3) is 0.429. The van der Waals surface area contributed by atoms with Crippen molar-refractivity contribution in [1.29, 1.82) is 0 Å². The molecule has 3 aromatic heterocycles. The largest absolute Gasteiger partial charge is 0.336 e. The smallest absolute Gasteiger partial charge is 0.259 e. The van der Waals surface area contributed by atoms with E-state index < -0.39 is 0 Å². The van der Waals surface area contributed by atoms with E-state index in [1.165, 1.54) is 10.4 Å². The highest BCUT2D eigenvalue weighted by molar-refractivity contribution is 7.18. The molecule has 1 N–H and O–H groups in total. The van der Waals surface area contributed by atoms with Gasteiger partial charge < -0.3 is 9.88 Å². The van der Waals surface area contributed by atoms with E-state index in [4.69, 9.17) is 0 Å². The molecule has 5 rings (SSSR count). The number of likely N-dealkylation sites (tertiary alicyclic amines) is 1. The van der Waals surface area contributed by atoms with E-state index in [0.717, 1.165) is 54.4 Å². The number of thiophene rings is 1. The Morgan fingerprint density at radius 3 is 3.11 bits per heavy atom. The van der Waals surface area contributed by atoms with E-state index in [9.17, 15) is 9.59 Å². The van der Waals surface area contributed by atoms with Gasteiger partial charge in [-0.25, -0.2) is 4.98 Å². The van der Waals surface area contributed by atoms with Crippen LogP contribution in [0.4, 0.5) is 0 Å². The Kier molecular flexibility index (Phi) is 4.47. The van der Waals surface area contributed by atoms with Crippen LogP contribution in [0, 0.1) is 0 Å². The highest BCUT2D eigenvalue weighted by Gasteiger charge is 2.30. The topological polar surface area (TPSA) is 79.0 Å². The minimum atomic E-state index is -0.0544. The SMILES string of the molecule is O=C(CCc1nc2sc3c(c2c(=O)[nH]1)CCC3)N1CCC[C@H]1c1cccnc1. The van der Waals surface area contributed by atoms with Gasteiger partial charge in [-0.05, 0) is 49.3 Å². The first kappa shape index (κ1) is 17.6. The fourth-order valence-electron chi connectivity index (χ4n) is 4.52. The molecule has 0 bridgehead atoms. The molecule has 0 radical (unpaired) electrons. The summed E-state index contributed by atoms with van der Waals surface area (Å²) < 4.78 is 0. The molecule has 2 aliphatic rings. The van der Waals surface area contributed by atoms with Gasteiger partial charge in [0.15, 0.2) is 0 Å². The predicted octanol–water partition coefficient (Wildman–Crippen LogP) is 3.16. The minimum absolute atomic E-state index is 0.0544. The number of nitrogens with zero attached hydrogens (tertiary/aromatic N) is 3. The van der Waals surface area contributed by atoms with Gasteiger partial charge >= 0.3 is 0 Å². The second kappa shape index (κ2) is 7.13. The van der Waals surface area contributed by atoms with Crippen LogP contribution in [-0.4, -0.2) is 32.3 Å². The summed E-state index contributed by atoms with van der Waals surface area (Å²) in [4.78, 5) is 41.3. The zero-order valence-corrected chi connectivity index (χ0v) is 16.4. The molecule has 144 valence electrons. The van der Waals surface area contributed by atoms with Gasteiger partial charge in [0.25, 0.3) is 5.56 Å². The highest BCUT2D eigenvalue weighted by atomic mass is 32.1. The summed E-state index contributed by atoms with van der Waals surface area (Å²) in [5.41, 5.74) is 2.23. The van der Waals surface area contributed by atoms with Crippen molar-refractivity contribution < 1.29 is 4.79 Å². The molecule has 0 unspecified atom stereocenters. The van der Waals surface area contributed by atoms with Crippen LogP contribution in [0.25, 0.3) is 10.2 Å². The summed E-state index contributed by atoms with van der Waals surface area (Å²) in [5.74, 6) is 0.727. The van der Waals surface area contributed by atoms with E-state index in [1.807, 2.05) is 23.2 Å². The molecule has 0 aromatic carbocycles. The minimum Gasteiger partial charge on any atom is -0.336 e. The van der Waals surface area contributed by atoms with Crippen molar-refractivity contribution in [3.8, 4) is 0 Å². The second-order valence-corrected chi connectivity index (χ2v) is 8.67. The van der Waals surface area contributed by atoms with Gasteiger partial charge in [-0.15, -0.1) is 11.3 Å². The quantitative estimate of drug-likeness (QED) is 0.737. The second-order valence-electron chi connectivity index (χ2n) is 7.58. The third-order valence-corrected chi connectivity index (χ3v) is 7.03. The number of amides is 1. The Bertz CT molecular complexity index is 1090. The Morgan fingerprint density at radius 2 is 2.25 bits per heavy atom. The number of carbonyl (C=O) groups is 1. The Morgan fingerprint density at radius 1 is 1.32 bits per heavy atom. The summed E-state index contributed by atoms with van der Waals surface area (Å²) in [6, 6.07) is 4.06. The summed E-state index contributed by atoms with van der Waals surface area (Å²) in [6.45, 7) is 0.777. The average Bonchev–Trinajstić information content (AvgIpc) is 3.42. The lowest BCUT2D eigenvalue weighted by Gasteiger charge is -2.24. The number of aromatic nitrogens is 3. The number of aromatic amines is 1. The van der Waals surface area contributed by atoms with Crippen molar-refractivity contribution in [3.63, 3.8) is 0 Å². The summed E-state index contributed by atoms with van der Waals surface area (Å²) in [6.07, 6.45) is 9.55. The van der Waals surface area contributed by atoms with Crippen molar-refractivity contribution in [3.05, 3.63) is 56.7 Å². The summed E-state index contributed by atoms with van der Waals surface area (Å²) in [5, 5.41) is 0.767. The number of fused-ring (bicyclic) bond motifs is 3. The summed E-state index contributed by atoms with van der Waals surface area (Å²) >= 11 is 1.64. The standard InChI is InChI=1S/C21H22N4O2S/c26-18(25-11-3-6-15(25)13-4-2-10-22-12-13)9-8-17-23-20(27)19-14-5-1-7-16(14)28-21(19)24-17/h2,4,10,12,15H,1,3,5-9,11H2,(H,23,24,27)/t15-/m0/s1. The van der Waals surface area contributed by atoms with Crippen LogP contribution < -0.4 is 5.56 Å². The zero-order valence-electron chi connectivity index (χ0n) is 15.6. The van der Waals surface area contributed by atoms with E-state index >= 15 is 0 Å². The van der Waals surface area contributed by atoms with E-state index in [1.54, 1.807) is 17.5 Å². The molecule has 1 fully saturated rings. The molecule has 1 amide bonds. The summed E-state index contributed by atoms with van der Waals surface area (Å²) in [7, 11) is 0. The molecule has 0 spiro atoms. The Hall–Kier alpha value is -2.54. The first-order valence-corrected chi connectivity index (χ1v) is 10.7. The Balaban J connectivity index is 1.32. The molecule has 4 heterocycles. The lowest BCUT2D eigenvalue weighted by molar-refractivity contribution is -0.132. The number of carbonyl (C=O) groups excluding carboxylic acids is 1. The predicted molar refractivity (Wildman–Crippen MR) is 109 cm³/mol. The number of pyridine rings is 1. The van der Waals surface area contributed by atoms with Gasteiger partial charge in [-0.3, -0.25) is 14.6 Å². The van der Waals surface area contributed by atoms with Gasteiger partial charge in [0, 0.05) is 36.7 Å². The molecule has 1 atom stereocenters. The third kappa shape index (κ3) is 3.03. The maximum atomic E-state index is 12.9. The van der Waals surface area contributed by atoms with E-state index in [2.05, 4.69) is 15.0 Å². The van der Waals surface area contributed by atoms with Crippen LogP contribution >= 0.6 is 11.3 Å². The first-order chi connectivity index (χ1) is 13.7. The molecule has 1 aliphatic heterocycles. The van der Waals surface area contributed by atoms with E-state index in [0.29, 0.717) is 18.7 Å². The normalized spacial score (nSPS) is 18.7. The molecule has 28 heavy (non-hydrogen) atoms. The molecular formula is C21H22N4O2S. The van der Waals surface area contributed by atoms with Crippen LogP contribution in [0.1, 0.15) is 53.6 Å². The number of hydrogen-bond acceptors (Lipinski definition) is 5. The van der Waals surface area contributed by atoms with Gasteiger partial charge in [0.1, 0.15) is 10.7 Å². The van der Waals surface area contributed by atoms with Crippen molar-refractivity contribution in [2.75, 3.05) is 6.54 Å². The third-order valence-electron chi connectivity index (χ3n) is 5.84. The van der Waals surface area contributed by atoms with Crippen LogP contribution in [0.3, 0.4) is 0 Å². The van der Waals surface area contributed by atoms with Crippen LogP contribution in [0.15, 0.2) is 29.3 Å². The van der Waals surface area contributed by atoms with Crippen molar-refractivity contribution in [2.45, 2.75) is 51.0 Å². The molecule has 3 aromatic rings. The van der Waals surface area contributed by atoms with Gasteiger partial charge in [-0.1, -0.05) is 6.07 Å². The maximum Gasteiger partial charge on any atom is 0.259 e. The monoisotopic (exact) mass is 394 g/mol. The van der Waals surface area contributed by atoms with Crippen LogP contribution in [0.2, 0.25) is 0 Å². The lowest BCUT2D eigenvalue weighted by atomic mass is 10.1. The van der Waals surface area contributed by atoms with Crippen molar-refractivity contribution in [2.24, 2.45) is 0 Å². The average molecular weight is 395 g/mol. The fourth-order valence-corrected chi connectivity index (χ4v) is 5.80. The molecule has 7 heteroatoms. The molecule has 1 aliphatic carbocycles. The first-order valence-electron chi connectivity index (χ1n) is 9.93. The Labute approximate surface area is 166 Å². The number of rotatable bonds is 4. The maximum absolute atomic E-state index is 12.9. The van der Waals surface area contributed by atoms with Gasteiger partial charge in [0.2, 0.25) is 5.91 Å². The molecule has 0 saturated carbocycles. The number of H-pyrrole nitrogens is 1. The number of aryl methyl sites for hydroxylation is 3.